The number of hydrogen-bond donors (Lipinski definition) is 2. The molecule has 0 fully saturated rings. The molecular formula is C22H38O2Ti. The fraction of sp³-hybridized carbons (Fsp3) is 0.682. The van der Waals surface area contributed by atoms with Gasteiger partial charge in [0.05, 0.1) is 0 Å². The molecule has 1 aromatic carbocycles. The largest absolute Gasteiger partial charge is 2.00 e. The third-order valence-electron chi connectivity index (χ3n) is 3.58. The van der Waals surface area contributed by atoms with Gasteiger partial charge in [0.25, 0.3) is 0 Å². The van der Waals surface area contributed by atoms with Gasteiger partial charge in [-0.15, -0.1) is 12.5 Å². The molecule has 1 aliphatic rings. The van der Waals surface area contributed by atoms with Crippen molar-refractivity contribution in [2.75, 3.05) is 0 Å². The number of aryl methyl sites for hydroxylation is 2. The third-order valence-corrected chi connectivity index (χ3v) is 3.58. The Morgan fingerprint density at radius 3 is 2.12 bits per heavy atom. The summed E-state index contributed by atoms with van der Waals surface area (Å²) < 4.78 is 0. The molecule has 0 saturated heterocycles. The van der Waals surface area contributed by atoms with Crippen LogP contribution < -0.4 is 0 Å². The van der Waals surface area contributed by atoms with Crippen LogP contribution in [0, 0.1) is 13.0 Å². The van der Waals surface area contributed by atoms with Crippen LogP contribution in [0.1, 0.15) is 89.0 Å². The van der Waals surface area contributed by atoms with Crippen LogP contribution in [-0.4, -0.2) is 22.4 Å². The Bertz CT molecular complexity index is 430. The standard InChI is InChI=1S/C16H22.2C3H8O.Ti/c1-3-4-5-6-8-14-11-13(2)16-10-7-9-15(16)12-14;2*1-3(2)4;/h12H,2-10H2,1H3;2*3-4H,1-2H3;/q-2;;;+2. The molecule has 0 atom stereocenters. The second-order valence-corrected chi connectivity index (χ2v) is 7.13. The van der Waals surface area contributed by atoms with E-state index in [1.165, 1.54) is 68.1 Å². The zero-order valence-corrected chi connectivity index (χ0v) is 18.6. The van der Waals surface area contributed by atoms with Crippen LogP contribution in [0.4, 0.5) is 0 Å². The molecule has 3 heteroatoms. The Morgan fingerprint density at radius 2 is 1.60 bits per heavy atom. The fourth-order valence-corrected chi connectivity index (χ4v) is 2.66. The van der Waals surface area contributed by atoms with Crippen molar-refractivity contribution in [2.45, 2.75) is 98.2 Å². The normalized spacial score (nSPS) is 11.9. The van der Waals surface area contributed by atoms with E-state index >= 15 is 0 Å². The number of hydrogen-bond acceptors (Lipinski definition) is 2. The van der Waals surface area contributed by atoms with Gasteiger partial charge < -0.3 is 28.8 Å². The quantitative estimate of drug-likeness (QED) is 0.425. The van der Waals surface area contributed by atoms with Crippen LogP contribution in [0.15, 0.2) is 6.07 Å². The minimum atomic E-state index is -0.167. The number of rotatable bonds is 5. The first-order valence-corrected chi connectivity index (χ1v) is 9.52. The summed E-state index contributed by atoms with van der Waals surface area (Å²) in [5, 5.41) is 16.1. The molecule has 25 heavy (non-hydrogen) atoms. The number of unbranched alkanes of at least 4 members (excludes halogenated alkanes) is 3. The van der Waals surface area contributed by atoms with E-state index < -0.39 is 0 Å². The Morgan fingerprint density at radius 1 is 1.04 bits per heavy atom. The monoisotopic (exact) mass is 382 g/mol. The summed E-state index contributed by atoms with van der Waals surface area (Å²) in [5.41, 5.74) is 5.59. The average Bonchev–Trinajstić information content (AvgIpc) is 2.91. The van der Waals surface area contributed by atoms with E-state index in [1.54, 1.807) is 33.3 Å². The maximum atomic E-state index is 8.06. The third kappa shape index (κ3) is 14.6. The molecular weight excluding hydrogens is 344 g/mol. The van der Waals surface area contributed by atoms with E-state index in [0.717, 1.165) is 0 Å². The number of aliphatic hydroxyl groups is 2. The Kier molecular flexibility index (Phi) is 17.2. The van der Waals surface area contributed by atoms with Gasteiger partial charge in [-0.25, -0.2) is 0 Å². The summed E-state index contributed by atoms with van der Waals surface area (Å²) >= 11 is 0. The van der Waals surface area contributed by atoms with E-state index in [9.17, 15) is 0 Å². The van der Waals surface area contributed by atoms with Crippen LogP contribution in [0.3, 0.4) is 0 Å². The SMILES string of the molecule is CC(C)O.CC(C)O.[CH2-]c1[c-]c(CCCCCC)cc2c1CCC2.[Ti+2]. The molecule has 0 bridgehead atoms. The molecule has 2 rings (SSSR count). The second-order valence-electron chi connectivity index (χ2n) is 7.13. The van der Waals surface area contributed by atoms with Gasteiger partial charge in [-0.2, -0.15) is 11.1 Å². The van der Waals surface area contributed by atoms with Crippen molar-refractivity contribution in [1.82, 2.24) is 0 Å². The average molecular weight is 382 g/mol. The summed E-state index contributed by atoms with van der Waals surface area (Å²) in [4.78, 5) is 0. The van der Waals surface area contributed by atoms with Crippen molar-refractivity contribution >= 4 is 0 Å². The summed E-state index contributed by atoms with van der Waals surface area (Å²) in [6.07, 6.45) is 9.99. The molecule has 142 valence electrons. The van der Waals surface area contributed by atoms with Crippen LogP contribution in [0.2, 0.25) is 0 Å². The first-order chi connectivity index (χ1) is 11.3. The molecule has 0 aromatic heterocycles. The summed E-state index contributed by atoms with van der Waals surface area (Å²) in [6, 6.07) is 5.85. The Labute approximate surface area is 171 Å². The van der Waals surface area contributed by atoms with Gasteiger partial charge >= 0.3 is 21.7 Å². The number of aliphatic hydroxyl groups excluding tert-OH is 2. The molecule has 0 saturated carbocycles. The summed E-state index contributed by atoms with van der Waals surface area (Å²) in [5.74, 6) is 0. The molecule has 1 aromatic rings. The van der Waals surface area contributed by atoms with Crippen molar-refractivity contribution < 1.29 is 31.9 Å². The molecule has 0 spiro atoms. The van der Waals surface area contributed by atoms with Crippen LogP contribution in [-0.2, 0) is 41.0 Å². The molecule has 0 aliphatic heterocycles. The van der Waals surface area contributed by atoms with E-state index in [4.69, 9.17) is 10.2 Å². The van der Waals surface area contributed by atoms with Crippen molar-refractivity contribution in [3.8, 4) is 0 Å². The molecule has 0 radical (unpaired) electrons. The predicted octanol–water partition coefficient (Wildman–Crippen LogP) is 5.05. The number of benzene rings is 1. The molecule has 0 amide bonds. The molecule has 2 nitrogen and oxygen atoms in total. The smallest absolute Gasteiger partial charge is 0.394 e. The molecule has 2 N–H and O–H groups in total. The second kappa shape index (κ2) is 15.9. The number of fused-ring (bicyclic) bond motifs is 1. The predicted molar refractivity (Wildman–Crippen MR) is 104 cm³/mol. The summed E-state index contributed by atoms with van der Waals surface area (Å²) in [7, 11) is 0. The Balaban J connectivity index is 0. The van der Waals surface area contributed by atoms with Crippen molar-refractivity contribution in [1.29, 1.82) is 0 Å². The zero-order chi connectivity index (χ0) is 18.5. The van der Waals surface area contributed by atoms with Gasteiger partial charge in [-0.05, 0) is 27.7 Å². The maximum absolute atomic E-state index is 8.06. The van der Waals surface area contributed by atoms with E-state index in [2.05, 4.69) is 26.0 Å². The summed E-state index contributed by atoms with van der Waals surface area (Å²) in [6.45, 7) is 13.3. The van der Waals surface area contributed by atoms with Crippen molar-refractivity contribution in [3.05, 3.63) is 41.3 Å². The van der Waals surface area contributed by atoms with Crippen molar-refractivity contribution in [3.63, 3.8) is 0 Å². The maximum Gasteiger partial charge on any atom is 2.00 e. The molecule has 0 heterocycles. The first kappa shape index (κ1) is 26.9. The van der Waals surface area contributed by atoms with E-state index in [1.807, 2.05) is 0 Å². The molecule has 1 aliphatic carbocycles. The first-order valence-electron chi connectivity index (χ1n) is 9.52. The minimum absolute atomic E-state index is 0. The van der Waals surface area contributed by atoms with E-state index in [0.29, 0.717) is 0 Å². The van der Waals surface area contributed by atoms with Gasteiger partial charge in [-0.3, -0.25) is 5.56 Å². The van der Waals surface area contributed by atoms with Gasteiger partial charge in [0, 0.05) is 12.2 Å². The van der Waals surface area contributed by atoms with Gasteiger partial charge in [-0.1, -0.05) is 51.9 Å². The topological polar surface area (TPSA) is 40.5 Å². The molecule has 0 unspecified atom stereocenters. The van der Waals surface area contributed by atoms with E-state index in [-0.39, 0.29) is 33.9 Å². The van der Waals surface area contributed by atoms with Crippen LogP contribution in [0.5, 0.6) is 0 Å². The minimum Gasteiger partial charge on any atom is -0.394 e. The fourth-order valence-electron chi connectivity index (χ4n) is 2.66. The van der Waals surface area contributed by atoms with Crippen LogP contribution >= 0.6 is 0 Å². The zero-order valence-electron chi connectivity index (χ0n) is 17.0. The van der Waals surface area contributed by atoms with Gasteiger partial charge in [0.15, 0.2) is 0 Å². The van der Waals surface area contributed by atoms with Crippen LogP contribution in [0.25, 0.3) is 0 Å². The van der Waals surface area contributed by atoms with Gasteiger partial charge in [0.1, 0.15) is 0 Å². The Hall–Kier alpha value is -0.276. The van der Waals surface area contributed by atoms with Crippen molar-refractivity contribution in [2.24, 2.45) is 0 Å². The van der Waals surface area contributed by atoms with Gasteiger partial charge in [0.2, 0.25) is 0 Å².